The summed E-state index contributed by atoms with van der Waals surface area (Å²) in [5, 5.41) is 10.3. The third-order valence-electron chi connectivity index (χ3n) is 2.70. The zero-order valence-electron chi connectivity index (χ0n) is 10.2. The second-order valence-electron chi connectivity index (χ2n) is 4.13. The lowest BCUT2D eigenvalue weighted by molar-refractivity contribution is -0.115. The van der Waals surface area contributed by atoms with Gasteiger partial charge in [-0.15, -0.1) is 0 Å². The Balaban J connectivity index is 2.08. The van der Waals surface area contributed by atoms with E-state index in [1.54, 1.807) is 6.07 Å². The molecule has 2 rings (SSSR count). The van der Waals surface area contributed by atoms with Gasteiger partial charge in [0.25, 0.3) is 0 Å². The molecule has 1 aromatic carbocycles. The fraction of sp³-hybridized carbons (Fsp3) is 0.231. The van der Waals surface area contributed by atoms with Crippen LogP contribution < -0.4 is 5.32 Å². The van der Waals surface area contributed by atoms with E-state index < -0.39 is 0 Å². The summed E-state index contributed by atoms with van der Waals surface area (Å²) in [7, 11) is 0. The van der Waals surface area contributed by atoms with Crippen LogP contribution in [0.25, 0.3) is 0 Å². The van der Waals surface area contributed by atoms with Crippen LogP contribution in [0.4, 0.5) is 5.69 Å². The van der Waals surface area contributed by atoms with Crippen LogP contribution in [-0.2, 0) is 11.2 Å². The zero-order valence-corrected chi connectivity index (χ0v) is 11.0. The average Bonchev–Trinajstić information content (AvgIpc) is 2.64. The second kappa shape index (κ2) is 5.23. The highest BCUT2D eigenvalue weighted by Gasteiger charge is 2.11. The summed E-state index contributed by atoms with van der Waals surface area (Å²) in [5.74, 6) is -0.101. The highest BCUT2D eigenvalue weighted by atomic mass is 35.5. The van der Waals surface area contributed by atoms with E-state index in [2.05, 4.69) is 15.5 Å². The Morgan fingerprint density at radius 1 is 1.39 bits per heavy atom. The van der Waals surface area contributed by atoms with Crippen molar-refractivity contribution in [1.29, 1.82) is 0 Å². The first-order chi connectivity index (χ1) is 8.58. The number of amides is 1. The van der Waals surface area contributed by atoms with Crippen molar-refractivity contribution in [3.63, 3.8) is 0 Å². The Bertz CT molecular complexity index is 558. The molecule has 0 bridgehead atoms. The maximum Gasteiger partial charge on any atom is 0.228 e. The summed E-state index contributed by atoms with van der Waals surface area (Å²) in [4.78, 5) is 11.9. The van der Waals surface area contributed by atoms with Gasteiger partial charge in [0.2, 0.25) is 5.91 Å². The summed E-state index contributed by atoms with van der Waals surface area (Å²) in [6.45, 7) is 3.71. The van der Waals surface area contributed by atoms with Crippen LogP contribution in [0.2, 0.25) is 5.02 Å². The van der Waals surface area contributed by atoms with Gasteiger partial charge in [-0.2, -0.15) is 5.10 Å². The molecular formula is C13H14ClN3O. The number of rotatable bonds is 3. The van der Waals surface area contributed by atoms with E-state index in [1.807, 2.05) is 32.0 Å². The van der Waals surface area contributed by atoms with E-state index in [9.17, 15) is 4.79 Å². The molecule has 0 aliphatic heterocycles. The van der Waals surface area contributed by atoms with Gasteiger partial charge in [-0.3, -0.25) is 9.89 Å². The smallest absolute Gasteiger partial charge is 0.228 e. The largest absolute Gasteiger partial charge is 0.323 e. The number of aryl methyl sites for hydroxylation is 2. The number of benzene rings is 1. The van der Waals surface area contributed by atoms with Crippen molar-refractivity contribution in [1.82, 2.24) is 10.2 Å². The first-order valence-corrected chi connectivity index (χ1v) is 6.00. The minimum absolute atomic E-state index is 0.101. The van der Waals surface area contributed by atoms with Gasteiger partial charge in [0, 0.05) is 5.02 Å². The van der Waals surface area contributed by atoms with Gasteiger partial charge >= 0.3 is 0 Å². The zero-order chi connectivity index (χ0) is 13.1. The number of hydrogen-bond donors (Lipinski definition) is 2. The van der Waals surface area contributed by atoms with Crippen molar-refractivity contribution in [3.8, 4) is 0 Å². The highest BCUT2D eigenvalue weighted by Crippen LogP contribution is 2.18. The molecule has 2 aromatic rings. The number of anilines is 1. The Kier molecular flexibility index (Phi) is 3.67. The number of halogens is 1. The van der Waals surface area contributed by atoms with Crippen LogP contribution >= 0.6 is 11.6 Å². The molecule has 0 radical (unpaired) electrons. The predicted molar refractivity (Wildman–Crippen MR) is 71.8 cm³/mol. The molecule has 18 heavy (non-hydrogen) atoms. The average molecular weight is 264 g/mol. The SMILES string of the molecule is Cc1n[nH]c(C)c1NC(=O)Cc1ccccc1Cl. The maximum absolute atomic E-state index is 11.9. The molecular weight excluding hydrogens is 250 g/mol. The number of aromatic amines is 1. The van der Waals surface area contributed by atoms with Crippen molar-refractivity contribution in [2.45, 2.75) is 20.3 Å². The highest BCUT2D eigenvalue weighted by molar-refractivity contribution is 6.31. The van der Waals surface area contributed by atoms with Crippen LogP contribution in [0, 0.1) is 13.8 Å². The van der Waals surface area contributed by atoms with Crippen molar-refractivity contribution in [2.75, 3.05) is 5.32 Å². The van der Waals surface area contributed by atoms with E-state index >= 15 is 0 Å². The molecule has 0 atom stereocenters. The number of carbonyl (C=O) groups is 1. The summed E-state index contributed by atoms with van der Waals surface area (Å²) >= 11 is 6.01. The van der Waals surface area contributed by atoms with Crippen molar-refractivity contribution < 1.29 is 4.79 Å². The number of aromatic nitrogens is 2. The lowest BCUT2D eigenvalue weighted by atomic mass is 10.1. The number of carbonyl (C=O) groups excluding carboxylic acids is 1. The van der Waals surface area contributed by atoms with Gasteiger partial charge < -0.3 is 5.32 Å². The summed E-state index contributed by atoms with van der Waals surface area (Å²) in [5.41, 5.74) is 3.18. The van der Waals surface area contributed by atoms with Crippen LogP contribution in [0.5, 0.6) is 0 Å². The van der Waals surface area contributed by atoms with Gasteiger partial charge in [-0.05, 0) is 25.5 Å². The molecule has 1 aromatic heterocycles. The number of nitrogens with zero attached hydrogens (tertiary/aromatic N) is 1. The lowest BCUT2D eigenvalue weighted by Crippen LogP contribution is -2.15. The van der Waals surface area contributed by atoms with Crippen LogP contribution in [0.1, 0.15) is 17.0 Å². The minimum Gasteiger partial charge on any atom is -0.323 e. The standard InChI is InChI=1S/C13H14ClN3O/c1-8-13(9(2)17-16-8)15-12(18)7-10-5-3-4-6-11(10)14/h3-6H,7H2,1-2H3,(H,15,18)(H,16,17). The van der Waals surface area contributed by atoms with Gasteiger partial charge in [0.15, 0.2) is 0 Å². The summed E-state index contributed by atoms with van der Waals surface area (Å²) < 4.78 is 0. The molecule has 0 saturated carbocycles. The number of nitrogens with one attached hydrogen (secondary N) is 2. The molecule has 0 aliphatic rings. The van der Waals surface area contributed by atoms with E-state index in [0.717, 1.165) is 22.6 Å². The van der Waals surface area contributed by atoms with Gasteiger partial charge in [0.1, 0.15) is 0 Å². The van der Waals surface area contributed by atoms with Crippen LogP contribution in [0.3, 0.4) is 0 Å². The molecule has 5 heteroatoms. The van der Waals surface area contributed by atoms with Crippen molar-refractivity contribution in [3.05, 3.63) is 46.2 Å². The Morgan fingerprint density at radius 3 is 2.72 bits per heavy atom. The number of hydrogen-bond acceptors (Lipinski definition) is 2. The Hall–Kier alpha value is -1.81. The second-order valence-corrected chi connectivity index (χ2v) is 4.53. The van der Waals surface area contributed by atoms with Crippen molar-refractivity contribution >= 4 is 23.2 Å². The summed E-state index contributed by atoms with van der Waals surface area (Å²) in [6.07, 6.45) is 0.254. The molecule has 0 saturated heterocycles. The summed E-state index contributed by atoms with van der Waals surface area (Å²) in [6, 6.07) is 7.33. The van der Waals surface area contributed by atoms with Crippen LogP contribution in [0.15, 0.2) is 24.3 Å². The Morgan fingerprint density at radius 2 is 2.11 bits per heavy atom. The third-order valence-corrected chi connectivity index (χ3v) is 3.07. The molecule has 1 heterocycles. The van der Waals surface area contributed by atoms with Crippen LogP contribution in [-0.4, -0.2) is 16.1 Å². The topological polar surface area (TPSA) is 57.8 Å². The fourth-order valence-electron chi connectivity index (χ4n) is 1.73. The first kappa shape index (κ1) is 12.6. The van der Waals surface area contributed by atoms with E-state index in [4.69, 9.17) is 11.6 Å². The predicted octanol–water partition coefficient (Wildman–Crippen LogP) is 2.86. The first-order valence-electron chi connectivity index (χ1n) is 5.62. The van der Waals surface area contributed by atoms with Gasteiger partial charge in [-0.25, -0.2) is 0 Å². The van der Waals surface area contributed by atoms with E-state index in [-0.39, 0.29) is 12.3 Å². The van der Waals surface area contributed by atoms with Gasteiger partial charge in [0.05, 0.1) is 23.5 Å². The molecule has 0 fully saturated rings. The lowest BCUT2D eigenvalue weighted by Gasteiger charge is -2.06. The maximum atomic E-state index is 11.9. The monoisotopic (exact) mass is 263 g/mol. The van der Waals surface area contributed by atoms with E-state index in [1.165, 1.54) is 0 Å². The Labute approximate surface area is 110 Å². The molecule has 1 amide bonds. The molecule has 0 unspecified atom stereocenters. The number of H-pyrrole nitrogens is 1. The normalized spacial score (nSPS) is 10.4. The molecule has 0 spiro atoms. The molecule has 4 nitrogen and oxygen atoms in total. The van der Waals surface area contributed by atoms with Crippen molar-refractivity contribution in [2.24, 2.45) is 0 Å². The molecule has 2 N–H and O–H groups in total. The molecule has 0 aliphatic carbocycles. The third kappa shape index (κ3) is 2.71. The molecule has 94 valence electrons. The van der Waals surface area contributed by atoms with Gasteiger partial charge in [-0.1, -0.05) is 29.8 Å². The quantitative estimate of drug-likeness (QED) is 0.895. The minimum atomic E-state index is -0.101. The van der Waals surface area contributed by atoms with E-state index in [0.29, 0.717) is 5.02 Å². The fourth-order valence-corrected chi connectivity index (χ4v) is 1.94.